The third-order valence-electron chi connectivity index (χ3n) is 3.08. The van der Waals surface area contributed by atoms with Crippen molar-refractivity contribution in [2.75, 3.05) is 0 Å². The first-order valence-electron chi connectivity index (χ1n) is 6.45. The van der Waals surface area contributed by atoms with Gasteiger partial charge in [0.1, 0.15) is 5.75 Å². The van der Waals surface area contributed by atoms with Crippen LogP contribution in [0.4, 0.5) is 0 Å². The van der Waals surface area contributed by atoms with Gasteiger partial charge in [-0.15, -0.1) is 0 Å². The van der Waals surface area contributed by atoms with Crippen molar-refractivity contribution in [1.29, 1.82) is 0 Å². The minimum atomic E-state index is -0.575. The van der Waals surface area contributed by atoms with Crippen molar-refractivity contribution in [3.05, 3.63) is 64.7 Å². The highest BCUT2D eigenvalue weighted by Crippen LogP contribution is 2.17. The Morgan fingerprint density at radius 2 is 1.52 bits per heavy atom. The Bertz CT molecular complexity index is 696. The van der Waals surface area contributed by atoms with Gasteiger partial charge < -0.3 is 5.11 Å². The Morgan fingerprint density at radius 1 is 0.905 bits per heavy atom. The van der Waals surface area contributed by atoms with Crippen LogP contribution in [0, 0.1) is 13.8 Å². The fourth-order valence-electron chi connectivity index (χ4n) is 1.91. The SMILES string of the molecule is Cc1ccc(C(=O)NNC(=O)c2ccccc2C)c(O)c1. The zero-order valence-electron chi connectivity index (χ0n) is 11.8. The Hall–Kier alpha value is -2.82. The van der Waals surface area contributed by atoms with Gasteiger partial charge in [-0.05, 0) is 43.2 Å². The number of carbonyl (C=O) groups is 2. The predicted molar refractivity (Wildman–Crippen MR) is 79.0 cm³/mol. The maximum atomic E-state index is 12.0. The van der Waals surface area contributed by atoms with E-state index in [1.165, 1.54) is 12.1 Å². The minimum absolute atomic E-state index is 0.102. The summed E-state index contributed by atoms with van der Waals surface area (Å²) < 4.78 is 0. The summed E-state index contributed by atoms with van der Waals surface area (Å²) in [4.78, 5) is 23.9. The Kier molecular flexibility index (Phi) is 4.23. The molecule has 0 unspecified atom stereocenters. The molecule has 108 valence electrons. The molecule has 0 saturated carbocycles. The number of aromatic hydroxyl groups is 1. The molecule has 0 aromatic heterocycles. The molecule has 0 fully saturated rings. The van der Waals surface area contributed by atoms with Gasteiger partial charge in [-0.3, -0.25) is 20.4 Å². The standard InChI is InChI=1S/C16H16N2O3/c1-10-7-8-13(14(19)9-10)16(21)18-17-15(20)12-6-4-3-5-11(12)2/h3-9,19H,1-2H3,(H,17,20)(H,18,21). The topological polar surface area (TPSA) is 78.4 Å². The minimum Gasteiger partial charge on any atom is -0.507 e. The number of phenolic OH excluding ortho intramolecular Hbond substituents is 1. The quantitative estimate of drug-likeness (QED) is 0.739. The van der Waals surface area contributed by atoms with Crippen LogP contribution < -0.4 is 10.9 Å². The van der Waals surface area contributed by atoms with E-state index in [9.17, 15) is 14.7 Å². The smallest absolute Gasteiger partial charge is 0.273 e. The molecule has 0 saturated heterocycles. The molecule has 0 aliphatic heterocycles. The maximum Gasteiger partial charge on any atom is 0.273 e. The number of hydrogen-bond donors (Lipinski definition) is 3. The van der Waals surface area contributed by atoms with Crippen LogP contribution in [0.25, 0.3) is 0 Å². The van der Waals surface area contributed by atoms with E-state index >= 15 is 0 Å². The van der Waals surface area contributed by atoms with Crippen LogP contribution in [0.15, 0.2) is 42.5 Å². The fourth-order valence-corrected chi connectivity index (χ4v) is 1.91. The first-order valence-corrected chi connectivity index (χ1v) is 6.45. The molecule has 2 aromatic carbocycles. The number of benzene rings is 2. The molecule has 5 heteroatoms. The molecule has 21 heavy (non-hydrogen) atoms. The van der Waals surface area contributed by atoms with Crippen molar-refractivity contribution >= 4 is 11.8 Å². The van der Waals surface area contributed by atoms with E-state index in [1.807, 2.05) is 19.1 Å². The molecule has 0 radical (unpaired) electrons. The van der Waals surface area contributed by atoms with Gasteiger partial charge in [0, 0.05) is 5.56 Å². The van der Waals surface area contributed by atoms with Gasteiger partial charge in [0.15, 0.2) is 0 Å². The molecule has 0 spiro atoms. The zero-order chi connectivity index (χ0) is 15.4. The van der Waals surface area contributed by atoms with Gasteiger partial charge >= 0.3 is 0 Å². The maximum absolute atomic E-state index is 12.0. The first-order chi connectivity index (χ1) is 9.99. The average Bonchev–Trinajstić information content (AvgIpc) is 2.45. The van der Waals surface area contributed by atoms with E-state index in [0.717, 1.165) is 11.1 Å². The second-order valence-electron chi connectivity index (χ2n) is 4.74. The Labute approximate surface area is 122 Å². The van der Waals surface area contributed by atoms with Crippen molar-refractivity contribution < 1.29 is 14.7 Å². The van der Waals surface area contributed by atoms with Crippen LogP contribution in [-0.4, -0.2) is 16.9 Å². The molecule has 2 amide bonds. The van der Waals surface area contributed by atoms with E-state index < -0.39 is 11.8 Å². The van der Waals surface area contributed by atoms with Gasteiger partial charge in [-0.1, -0.05) is 24.3 Å². The van der Waals surface area contributed by atoms with Crippen molar-refractivity contribution in [1.82, 2.24) is 10.9 Å². The van der Waals surface area contributed by atoms with E-state index in [-0.39, 0.29) is 11.3 Å². The number of aryl methyl sites for hydroxylation is 2. The number of carbonyl (C=O) groups excluding carboxylic acids is 2. The summed E-state index contributed by atoms with van der Waals surface area (Å²) in [5.74, 6) is -1.11. The molecule has 3 N–H and O–H groups in total. The lowest BCUT2D eigenvalue weighted by Gasteiger charge is -2.10. The van der Waals surface area contributed by atoms with E-state index in [0.29, 0.717) is 5.56 Å². The van der Waals surface area contributed by atoms with Crippen molar-refractivity contribution in [2.24, 2.45) is 0 Å². The summed E-state index contributed by atoms with van der Waals surface area (Å²) in [6, 6.07) is 11.7. The van der Waals surface area contributed by atoms with Crippen LogP contribution in [0.1, 0.15) is 31.8 Å². The Balaban J connectivity index is 2.04. The fraction of sp³-hybridized carbons (Fsp3) is 0.125. The molecule has 5 nitrogen and oxygen atoms in total. The predicted octanol–water partition coefficient (Wildman–Crippen LogP) is 2.08. The van der Waals surface area contributed by atoms with Crippen LogP contribution in [0.3, 0.4) is 0 Å². The highest BCUT2D eigenvalue weighted by Gasteiger charge is 2.13. The molecular formula is C16H16N2O3. The van der Waals surface area contributed by atoms with E-state index in [2.05, 4.69) is 10.9 Å². The van der Waals surface area contributed by atoms with Gasteiger partial charge in [0.25, 0.3) is 11.8 Å². The van der Waals surface area contributed by atoms with E-state index in [1.54, 1.807) is 25.1 Å². The van der Waals surface area contributed by atoms with Gasteiger partial charge in [0.2, 0.25) is 0 Å². The molecule has 0 aliphatic rings. The molecule has 2 rings (SSSR count). The Morgan fingerprint density at radius 3 is 2.14 bits per heavy atom. The number of phenols is 1. The highest BCUT2D eigenvalue weighted by atomic mass is 16.3. The summed E-state index contributed by atoms with van der Waals surface area (Å²) in [6.07, 6.45) is 0. The van der Waals surface area contributed by atoms with Gasteiger partial charge in [0.05, 0.1) is 5.56 Å². The molecule has 0 atom stereocenters. The highest BCUT2D eigenvalue weighted by molar-refractivity contribution is 6.00. The summed E-state index contributed by atoms with van der Waals surface area (Å²) in [5, 5.41) is 9.71. The third kappa shape index (κ3) is 3.39. The number of amides is 2. The lowest BCUT2D eigenvalue weighted by atomic mass is 10.1. The lowest BCUT2D eigenvalue weighted by molar-refractivity contribution is 0.0844. The lowest BCUT2D eigenvalue weighted by Crippen LogP contribution is -2.41. The van der Waals surface area contributed by atoms with Gasteiger partial charge in [-0.25, -0.2) is 0 Å². The van der Waals surface area contributed by atoms with Crippen LogP contribution in [0.5, 0.6) is 5.75 Å². The summed E-state index contributed by atoms with van der Waals surface area (Å²) in [7, 11) is 0. The van der Waals surface area contributed by atoms with Crippen molar-refractivity contribution in [3.63, 3.8) is 0 Å². The third-order valence-corrected chi connectivity index (χ3v) is 3.08. The molecular weight excluding hydrogens is 268 g/mol. The number of rotatable bonds is 2. The molecule has 2 aromatic rings. The number of hydrazine groups is 1. The van der Waals surface area contributed by atoms with E-state index in [4.69, 9.17) is 0 Å². The molecule has 0 heterocycles. The number of hydrogen-bond acceptors (Lipinski definition) is 3. The first kappa shape index (κ1) is 14.6. The van der Waals surface area contributed by atoms with Crippen molar-refractivity contribution in [3.8, 4) is 5.75 Å². The largest absolute Gasteiger partial charge is 0.507 e. The van der Waals surface area contributed by atoms with Gasteiger partial charge in [-0.2, -0.15) is 0 Å². The number of nitrogens with one attached hydrogen (secondary N) is 2. The van der Waals surface area contributed by atoms with Crippen LogP contribution in [0.2, 0.25) is 0 Å². The monoisotopic (exact) mass is 284 g/mol. The second kappa shape index (κ2) is 6.09. The normalized spacial score (nSPS) is 10.0. The van der Waals surface area contributed by atoms with Crippen LogP contribution >= 0.6 is 0 Å². The molecule has 0 aliphatic carbocycles. The van der Waals surface area contributed by atoms with Crippen molar-refractivity contribution in [2.45, 2.75) is 13.8 Å². The average molecular weight is 284 g/mol. The summed E-state index contributed by atoms with van der Waals surface area (Å²) in [6.45, 7) is 3.61. The summed E-state index contributed by atoms with van der Waals surface area (Å²) in [5.41, 5.74) is 6.85. The summed E-state index contributed by atoms with van der Waals surface area (Å²) >= 11 is 0. The molecule has 0 bridgehead atoms. The zero-order valence-corrected chi connectivity index (χ0v) is 11.8. The van der Waals surface area contributed by atoms with Crippen LogP contribution in [-0.2, 0) is 0 Å². The second-order valence-corrected chi connectivity index (χ2v) is 4.74.